The molecule has 2 aromatic heterocycles. The van der Waals surface area contributed by atoms with E-state index < -0.39 is 0 Å². The van der Waals surface area contributed by atoms with Crippen LogP contribution in [0.25, 0.3) is 98.8 Å². The van der Waals surface area contributed by atoms with Crippen LogP contribution in [0.4, 0.5) is 0 Å². The molecule has 0 radical (unpaired) electrons. The third kappa shape index (κ3) is 4.39. The van der Waals surface area contributed by atoms with Crippen LogP contribution in [-0.4, -0.2) is 9.13 Å². The van der Waals surface area contributed by atoms with E-state index in [-0.39, 0.29) is 0 Å². The minimum absolute atomic E-state index is 0.492. The lowest BCUT2D eigenvalue weighted by Gasteiger charge is -2.26. The lowest BCUT2D eigenvalue weighted by atomic mass is 9.84. The molecule has 2 heterocycles. The standard InChI is InChI=1S/C52H30N4/c53-31-43-49(41-25-13-17-33-15-1-3-19-35(33)41)51(55-45-27-9-5-21-37(45)38-22-6-10-28-46(38)55)44(32-54)50(42-26-14-18-34-16-2-4-20-36(34)42)52(43)56-47-29-11-7-23-39(47)40-24-8-12-30-48(40)56/h1-30H. The SMILES string of the molecule is N#Cc1c(-c2cccc3ccccc23)c(-n2c3ccccc3c3ccccc32)c(C#N)c(-c2cccc3ccccc23)c1-n1c2ccccc2c2ccccc21. The van der Waals surface area contributed by atoms with E-state index in [0.717, 1.165) is 76.3 Å². The first-order valence-electron chi connectivity index (χ1n) is 18.7. The van der Waals surface area contributed by atoms with E-state index in [2.05, 4.69) is 155 Å². The molecule has 0 N–H and O–H groups in total. The van der Waals surface area contributed by atoms with Gasteiger partial charge in [0.25, 0.3) is 0 Å². The molecular formula is C52H30N4. The Morgan fingerprint density at radius 1 is 0.304 bits per heavy atom. The van der Waals surface area contributed by atoms with Crippen LogP contribution in [0.3, 0.4) is 0 Å². The van der Waals surface area contributed by atoms with Gasteiger partial charge in [-0.1, -0.05) is 158 Å². The van der Waals surface area contributed by atoms with Gasteiger partial charge in [0.15, 0.2) is 0 Å². The molecule has 9 aromatic carbocycles. The number of hydrogen-bond donors (Lipinski definition) is 0. The molecule has 0 spiro atoms. The fraction of sp³-hybridized carbons (Fsp3) is 0. The molecule has 258 valence electrons. The number of nitriles is 2. The summed E-state index contributed by atoms with van der Waals surface area (Å²) in [5, 5.41) is 32.3. The van der Waals surface area contributed by atoms with Crippen molar-refractivity contribution >= 4 is 65.2 Å². The first kappa shape index (κ1) is 31.6. The minimum Gasteiger partial charge on any atom is -0.307 e. The molecule has 0 amide bonds. The summed E-state index contributed by atoms with van der Waals surface area (Å²) in [5.41, 5.74) is 9.41. The van der Waals surface area contributed by atoms with E-state index >= 15 is 0 Å². The van der Waals surface area contributed by atoms with E-state index in [4.69, 9.17) is 0 Å². The third-order valence-corrected chi connectivity index (χ3v) is 11.4. The summed E-state index contributed by atoms with van der Waals surface area (Å²) in [6.45, 7) is 0. The van der Waals surface area contributed by atoms with Crippen molar-refractivity contribution in [3.63, 3.8) is 0 Å². The minimum atomic E-state index is 0.492. The van der Waals surface area contributed by atoms with Crippen LogP contribution in [0, 0.1) is 22.7 Å². The Hall–Kier alpha value is -7.92. The summed E-state index contributed by atoms with van der Waals surface area (Å²) < 4.78 is 4.46. The first-order valence-corrected chi connectivity index (χ1v) is 18.7. The van der Waals surface area contributed by atoms with Crippen molar-refractivity contribution in [3.05, 3.63) is 193 Å². The average Bonchev–Trinajstić information content (AvgIpc) is 3.78. The topological polar surface area (TPSA) is 57.4 Å². The molecule has 11 rings (SSSR count). The van der Waals surface area contributed by atoms with Crippen LogP contribution < -0.4 is 0 Å². The number of rotatable bonds is 4. The molecule has 0 aliphatic carbocycles. The van der Waals surface area contributed by atoms with Crippen LogP contribution in [0.15, 0.2) is 182 Å². The Morgan fingerprint density at radius 3 is 0.929 bits per heavy atom. The fourth-order valence-electron chi connectivity index (χ4n) is 9.13. The van der Waals surface area contributed by atoms with Crippen molar-refractivity contribution in [3.8, 4) is 45.8 Å². The monoisotopic (exact) mass is 710 g/mol. The van der Waals surface area contributed by atoms with Crippen LogP contribution in [-0.2, 0) is 0 Å². The van der Waals surface area contributed by atoms with Gasteiger partial charge < -0.3 is 9.13 Å². The van der Waals surface area contributed by atoms with E-state index in [1.165, 1.54) is 0 Å². The van der Waals surface area contributed by atoms with E-state index in [1.54, 1.807) is 0 Å². The van der Waals surface area contributed by atoms with E-state index in [0.29, 0.717) is 33.6 Å². The molecule has 56 heavy (non-hydrogen) atoms. The molecule has 0 aliphatic rings. The summed E-state index contributed by atoms with van der Waals surface area (Å²) in [6.07, 6.45) is 0. The Bertz CT molecular complexity index is 3160. The lowest BCUT2D eigenvalue weighted by molar-refractivity contribution is 1.13. The van der Waals surface area contributed by atoms with Gasteiger partial charge in [0, 0.05) is 32.7 Å². The molecule has 0 bridgehead atoms. The van der Waals surface area contributed by atoms with Crippen molar-refractivity contribution in [1.29, 1.82) is 10.5 Å². The zero-order chi connectivity index (χ0) is 37.3. The van der Waals surface area contributed by atoms with Gasteiger partial charge in [0.1, 0.15) is 12.1 Å². The van der Waals surface area contributed by atoms with Crippen molar-refractivity contribution in [2.24, 2.45) is 0 Å². The Labute approximate surface area is 322 Å². The highest BCUT2D eigenvalue weighted by molar-refractivity contribution is 6.15. The fourth-order valence-corrected chi connectivity index (χ4v) is 9.13. The summed E-state index contributed by atoms with van der Waals surface area (Å²) >= 11 is 0. The van der Waals surface area contributed by atoms with Crippen LogP contribution >= 0.6 is 0 Å². The molecule has 0 unspecified atom stereocenters. The van der Waals surface area contributed by atoms with Gasteiger partial charge in [-0.3, -0.25) is 0 Å². The number of hydrogen-bond acceptors (Lipinski definition) is 2. The molecule has 4 nitrogen and oxygen atoms in total. The molecule has 0 saturated heterocycles. The maximum Gasteiger partial charge on any atom is 0.102 e. The quantitative estimate of drug-likeness (QED) is 0.183. The normalized spacial score (nSPS) is 11.5. The smallest absolute Gasteiger partial charge is 0.102 e. The highest BCUT2D eigenvalue weighted by Crippen LogP contribution is 2.50. The van der Waals surface area contributed by atoms with E-state index in [1.807, 2.05) is 48.5 Å². The second-order valence-electron chi connectivity index (χ2n) is 14.2. The number of nitrogens with zero attached hydrogens (tertiary/aromatic N) is 4. The van der Waals surface area contributed by atoms with Crippen molar-refractivity contribution in [2.75, 3.05) is 0 Å². The summed E-state index contributed by atoms with van der Waals surface area (Å²) in [5.74, 6) is 0. The summed E-state index contributed by atoms with van der Waals surface area (Å²) in [6, 6.07) is 68.2. The molecule has 0 aliphatic heterocycles. The molecule has 0 saturated carbocycles. The molecule has 4 heteroatoms. The number of para-hydroxylation sites is 4. The largest absolute Gasteiger partial charge is 0.307 e. The van der Waals surface area contributed by atoms with Gasteiger partial charge in [0.2, 0.25) is 0 Å². The van der Waals surface area contributed by atoms with Crippen LogP contribution in [0.1, 0.15) is 11.1 Å². The predicted molar refractivity (Wildman–Crippen MR) is 230 cm³/mol. The maximum atomic E-state index is 11.9. The van der Waals surface area contributed by atoms with Gasteiger partial charge in [0.05, 0.1) is 44.6 Å². The van der Waals surface area contributed by atoms with Crippen molar-refractivity contribution < 1.29 is 0 Å². The Balaban J connectivity index is 1.48. The molecule has 0 atom stereocenters. The average molecular weight is 711 g/mol. The second kappa shape index (κ2) is 12.3. The first-order chi connectivity index (χ1) is 27.8. The molecule has 0 fully saturated rings. The summed E-state index contributed by atoms with van der Waals surface area (Å²) in [7, 11) is 0. The van der Waals surface area contributed by atoms with E-state index in [9.17, 15) is 10.5 Å². The zero-order valence-corrected chi connectivity index (χ0v) is 30.1. The van der Waals surface area contributed by atoms with Gasteiger partial charge >= 0.3 is 0 Å². The lowest BCUT2D eigenvalue weighted by Crippen LogP contribution is -2.11. The zero-order valence-electron chi connectivity index (χ0n) is 30.1. The van der Waals surface area contributed by atoms with Crippen LogP contribution in [0.2, 0.25) is 0 Å². The van der Waals surface area contributed by atoms with Crippen LogP contribution in [0.5, 0.6) is 0 Å². The molecule has 11 aromatic rings. The highest BCUT2D eigenvalue weighted by Gasteiger charge is 2.32. The maximum absolute atomic E-state index is 11.9. The summed E-state index contributed by atoms with van der Waals surface area (Å²) in [4.78, 5) is 0. The van der Waals surface area contributed by atoms with Gasteiger partial charge in [-0.25, -0.2) is 0 Å². The second-order valence-corrected chi connectivity index (χ2v) is 14.2. The van der Waals surface area contributed by atoms with Gasteiger partial charge in [-0.2, -0.15) is 10.5 Å². The predicted octanol–water partition coefficient (Wildman–Crippen LogP) is 13.3. The van der Waals surface area contributed by atoms with Crippen molar-refractivity contribution in [2.45, 2.75) is 0 Å². The van der Waals surface area contributed by atoms with Gasteiger partial charge in [-0.05, 0) is 56.9 Å². The number of benzene rings is 9. The molecular weight excluding hydrogens is 681 g/mol. The Kier molecular flexibility index (Phi) is 6.95. The number of aromatic nitrogens is 2. The number of fused-ring (bicyclic) bond motifs is 8. The Morgan fingerprint density at radius 2 is 0.589 bits per heavy atom. The highest BCUT2D eigenvalue weighted by atomic mass is 15.0. The van der Waals surface area contributed by atoms with Crippen molar-refractivity contribution in [1.82, 2.24) is 9.13 Å². The third-order valence-electron chi connectivity index (χ3n) is 11.4. The van der Waals surface area contributed by atoms with Gasteiger partial charge in [-0.15, -0.1) is 0 Å².